The van der Waals surface area contributed by atoms with Crippen molar-refractivity contribution in [3.8, 4) is 5.75 Å². The molecular formula is C18H19ClOS. The molecule has 1 aromatic carbocycles. The van der Waals surface area contributed by atoms with Crippen LogP contribution in [0.25, 0.3) is 11.1 Å². The SMILES string of the molecule is C/C=C(/C(=C(C)C)c1ccsc1C)c1cccc(O)c1Cl. The highest BCUT2D eigenvalue weighted by Gasteiger charge is 2.17. The van der Waals surface area contributed by atoms with E-state index < -0.39 is 0 Å². The Morgan fingerprint density at radius 1 is 1.19 bits per heavy atom. The Bertz CT molecular complexity index is 719. The summed E-state index contributed by atoms with van der Waals surface area (Å²) >= 11 is 8.04. The molecule has 21 heavy (non-hydrogen) atoms. The lowest BCUT2D eigenvalue weighted by atomic mass is 9.89. The largest absolute Gasteiger partial charge is 0.506 e. The van der Waals surface area contributed by atoms with Gasteiger partial charge in [0, 0.05) is 10.4 Å². The quantitative estimate of drug-likeness (QED) is 0.657. The molecule has 3 heteroatoms. The van der Waals surface area contributed by atoms with Gasteiger partial charge in [0.05, 0.1) is 5.02 Å². The van der Waals surface area contributed by atoms with Crippen LogP contribution in [0.3, 0.4) is 0 Å². The fraction of sp³-hybridized carbons (Fsp3) is 0.222. The number of allylic oxidation sites excluding steroid dienone is 4. The van der Waals surface area contributed by atoms with Crippen molar-refractivity contribution in [3.63, 3.8) is 0 Å². The molecule has 0 saturated heterocycles. The summed E-state index contributed by atoms with van der Waals surface area (Å²) in [5.74, 6) is 0.115. The summed E-state index contributed by atoms with van der Waals surface area (Å²) in [7, 11) is 0. The van der Waals surface area contributed by atoms with Gasteiger partial charge >= 0.3 is 0 Å². The second-order valence-corrected chi connectivity index (χ2v) is 6.60. The molecular weight excluding hydrogens is 300 g/mol. The second-order valence-electron chi connectivity index (χ2n) is 5.11. The van der Waals surface area contributed by atoms with Gasteiger partial charge in [-0.15, -0.1) is 11.3 Å². The standard InChI is InChI=1S/C18H19ClOS/c1-5-13(15-7-6-8-16(20)18(15)19)17(11(2)3)14-9-10-21-12(14)4/h5-10,20H,1-4H3/b13-5+. The van der Waals surface area contributed by atoms with Crippen molar-refractivity contribution in [1.82, 2.24) is 0 Å². The van der Waals surface area contributed by atoms with Gasteiger partial charge in [-0.2, -0.15) is 0 Å². The average Bonchev–Trinajstić information content (AvgIpc) is 2.85. The molecule has 1 heterocycles. The van der Waals surface area contributed by atoms with Gasteiger partial charge in [0.2, 0.25) is 0 Å². The molecule has 0 atom stereocenters. The van der Waals surface area contributed by atoms with Crippen LogP contribution in [0.4, 0.5) is 0 Å². The van der Waals surface area contributed by atoms with Gasteiger partial charge in [0.1, 0.15) is 5.75 Å². The Kier molecular flexibility index (Phi) is 4.92. The molecule has 2 rings (SSSR count). The van der Waals surface area contributed by atoms with Gasteiger partial charge < -0.3 is 5.11 Å². The monoisotopic (exact) mass is 318 g/mol. The molecule has 0 aliphatic carbocycles. The van der Waals surface area contributed by atoms with Gasteiger partial charge in [0.25, 0.3) is 0 Å². The van der Waals surface area contributed by atoms with Crippen molar-refractivity contribution < 1.29 is 5.11 Å². The Balaban J connectivity index is 2.68. The third-order valence-corrected chi connectivity index (χ3v) is 4.70. The van der Waals surface area contributed by atoms with Crippen molar-refractivity contribution in [2.75, 3.05) is 0 Å². The first kappa shape index (κ1) is 15.9. The number of benzene rings is 1. The summed E-state index contributed by atoms with van der Waals surface area (Å²) in [6, 6.07) is 7.52. The molecule has 0 saturated carbocycles. The number of phenols is 1. The molecule has 0 aliphatic heterocycles. The summed E-state index contributed by atoms with van der Waals surface area (Å²) in [5, 5.41) is 12.4. The summed E-state index contributed by atoms with van der Waals surface area (Å²) in [5.41, 5.74) is 5.55. The summed E-state index contributed by atoms with van der Waals surface area (Å²) in [4.78, 5) is 1.28. The number of hydrogen-bond donors (Lipinski definition) is 1. The highest BCUT2D eigenvalue weighted by Crippen LogP contribution is 2.41. The van der Waals surface area contributed by atoms with Crippen molar-refractivity contribution in [1.29, 1.82) is 0 Å². The van der Waals surface area contributed by atoms with E-state index in [2.05, 4.69) is 38.3 Å². The molecule has 1 N–H and O–H groups in total. The predicted octanol–water partition coefficient (Wildman–Crippen LogP) is 6.31. The van der Waals surface area contributed by atoms with E-state index in [1.54, 1.807) is 17.4 Å². The van der Waals surface area contributed by atoms with E-state index in [0.717, 1.165) is 11.1 Å². The van der Waals surface area contributed by atoms with Crippen LogP contribution in [0.15, 0.2) is 41.3 Å². The summed E-state index contributed by atoms with van der Waals surface area (Å²) in [6.07, 6.45) is 2.06. The number of thiophene rings is 1. The molecule has 0 radical (unpaired) electrons. The lowest BCUT2D eigenvalue weighted by molar-refractivity contribution is 0.475. The second kappa shape index (κ2) is 6.50. The number of halogens is 1. The lowest BCUT2D eigenvalue weighted by Gasteiger charge is -2.16. The molecule has 0 amide bonds. The van der Waals surface area contributed by atoms with Crippen molar-refractivity contribution in [3.05, 3.63) is 62.3 Å². The molecule has 0 aliphatic rings. The Hall–Kier alpha value is -1.51. The minimum Gasteiger partial charge on any atom is -0.506 e. The van der Waals surface area contributed by atoms with E-state index in [-0.39, 0.29) is 5.75 Å². The Morgan fingerprint density at radius 2 is 1.90 bits per heavy atom. The molecule has 0 spiro atoms. The molecule has 0 bridgehead atoms. The fourth-order valence-corrected chi connectivity index (χ4v) is 3.42. The zero-order chi connectivity index (χ0) is 15.6. The molecule has 0 unspecified atom stereocenters. The molecule has 110 valence electrons. The molecule has 1 aromatic heterocycles. The summed E-state index contributed by atoms with van der Waals surface area (Å²) in [6.45, 7) is 8.33. The maximum Gasteiger partial charge on any atom is 0.134 e. The minimum absolute atomic E-state index is 0.115. The predicted molar refractivity (Wildman–Crippen MR) is 94.1 cm³/mol. The number of phenolic OH excluding ortho intramolecular Hbond substituents is 1. The van der Waals surface area contributed by atoms with Crippen LogP contribution in [-0.4, -0.2) is 5.11 Å². The van der Waals surface area contributed by atoms with E-state index in [0.29, 0.717) is 5.02 Å². The third-order valence-electron chi connectivity index (χ3n) is 3.45. The van der Waals surface area contributed by atoms with Crippen LogP contribution in [0.5, 0.6) is 5.75 Å². The van der Waals surface area contributed by atoms with Crippen LogP contribution < -0.4 is 0 Å². The number of aromatic hydroxyl groups is 1. The number of aryl methyl sites for hydroxylation is 1. The van der Waals surface area contributed by atoms with Gasteiger partial charge in [-0.1, -0.05) is 35.4 Å². The first-order chi connectivity index (χ1) is 9.97. The normalized spacial score (nSPS) is 11.6. The first-order valence-corrected chi connectivity index (χ1v) is 8.09. The maximum atomic E-state index is 9.88. The van der Waals surface area contributed by atoms with Gasteiger partial charge in [0.15, 0.2) is 0 Å². The molecule has 2 aromatic rings. The lowest BCUT2D eigenvalue weighted by Crippen LogP contribution is -1.94. The van der Waals surface area contributed by atoms with Crippen molar-refractivity contribution in [2.45, 2.75) is 27.7 Å². The van der Waals surface area contributed by atoms with Crippen LogP contribution in [-0.2, 0) is 0 Å². The average molecular weight is 319 g/mol. The van der Waals surface area contributed by atoms with Crippen LogP contribution >= 0.6 is 22.9 Å². The van der Waals surface area contributed by atoms with E-state index >= 15 is 0 Å². The van der Waals surface area contributed by atoms with E-state index in [4.69, 9.17) is 11.6 Å². The van der Waals surface area contributed by atoms with E-state index in [9.17, 15) is 5.11 Å². The summed E-state index contributed by atoms with van der Waals surface area (Å²) < 4.78 is 0. The fourth-order valence-electron chi connectivity index (χ4n) is 2.49. The van der Waals surface area contributed by atoms with Crippen LogP contribution in [0, 0.1) is 6.92 Å². The Labute approximate surface area is 135 Å². The first-order valence-electron chi connectivity index (χ1n) is 6.83. The number of hydrogen-bond acceptors (Lipinski definition) is 2. The molecule has 0 fully saturated rings. The van der Waals surface area contributed by atoms with Crippen LogP contribution in [0.2, 0.25) is 5.02 Å². The van der Waals surface area contributed by atoms with Gasteiger partial charge in [-0.25, -0.2) is 0 Å². The van der Waals surface area contributed by atoms with Crippen LogP contribution in [0.1, 0.15) is 36.8 Å². The zero-order valence-electron chi connectivity index (χ0n) is 12.7. The Morgan fingerprint density at radius 3 is 2.43 bits per heavy atom. The van der Waals surface area contributed by atoms with E-state index in [1.165, 1.54) is 21.6 Å². The molecule has 1 nitrogen and oxygen atoms in total. The smallest absolute Gasteiger partial charge is 0.134 e. The van der Waals surface area contributed by atoms with Crippen molar-refractivity contribution >= 4 is 34.1 Å². The van der Waals surface area contributed by atoms with Crippen molar-refractivity contribution in [2.24, 2.45) is 0 Å². The topological polar surface area (TPSA) is 20.2 Å². The number of rotatable bonds is 3. The maximum absolute atomic E-state index is 9.88. The highest BCUT2D eigenvalue weighted by molar-refractivity contribution is 7.10. The zero-order valence-corrected chi connectivity index (χ0v) is 14.3. The van der Waals surface area contributed by atoms with E-state index in [1.807, 2.05) is 19.1 Å². The minimum atomic E-state index is 0.115. The highest BCUT2D eigenvalue weighted by atomic mass is 35.5. The third kappa shape index (κ3) is 3.07. The van der Waals surface area contributed by atoms with Gasteiger partial charge in [-0.3, -0.25) is 0 Å². The van der Waals surface area contributed by atoms with Gasteiger partial charge in [-0.05, 0) is 61.9 Å².